The van der Waals surface area contributed by atoms with Crippen LogP contribution in [0.1, 0.15) is 52.4 Å². The Hall–Kier alpha value is -0.790. The summed E-state index contributed by atoms with van der Waals surface area (Å²) in [6.07, 6.45) is 11.5. The zero-order valence-corrected chi connectivity index (χ0v) is 9.42. The van der Waals surface area contributed by atoms with Crippen molar-refractivity contribution in [1.82, 2.24) is 0 Å². The third-order valence-corrected chi connectivity index (χ3v) is 1.98. The summed E-state index contributed by atoms with van der Waals surface area (Å²) >= 11 is 0. The second kappa shape index (κ2) is 10.3. The zero-order chi connectivity index (χ0) is 10.6. The van der Waals surface area contributed by atoms with Crippen LogP contribution in [-0.4, -0.2) is 12.6 Å². The molecule has 0 aromatic rings. The smallest absolute Gasteiger partial charge is 0.302 e. The number of esters is 1. The molecule has 0 aromatic heterocycles. The van der Waals surface area contributed by atoms with Crippen molar-refractivity contribution >= 4 is 5.97 Å². The number of carbonyl (C=O) groups excluding carboxylic acids is 1. The first-order valence-electron chi connectivity index (χ1n) is 5.55. The molecule has 0 saturated heterocycles. The van der Waals surface area contributed by atoms with Gasteiger partial charge in [0.05, 0.1) is 6.61 Å². The van der Waals surface area contributed by atoms with Gasteiger partial charge in [-0.25, -0.2) is 0 Å². The summed E-state index contributed by atoms with van der Waals surface area (Å²) < 4.78 is 4.80. The van der Waals surface area contributed by atoms with Crippen LogP contribution in [0.2, 0.25) is 0 Å². The van der Waals surface area contributed by atoms with Crippen molar-refractivity contribution < 1.29 is 9.53 Å². The summed E-state index contributed by atoms with van der Waals surface area (Å²) in [6.45, 7) is 4.17. The van der Waals surface area contributed by atoms with Gasteiger partial charge >= 0.3 is 5.97 Å². The van der Waals surface area contributed by atoms with Crippen molar-refractivity contribution in [3.05, 3.63) is 12.2 Å². The fourth-order valence-corrected chi connectivity index (χ4v) is 1.20. The third-order valence-electron chi connectivity index (χ3n) is 1.98. The van der Waals surface area contributed by atoms with E-state index in [1.807, 2.05) is 0 Å². The first kappa shape index (κ1) is 13.2. The molecule has 0 spiro atoms. The third kappa shape index (κ3) is 11.2. The predicted molar refractivity (Wildman–Crippen MR) is 59.1 cm³/mol. The minimum atomic E-state index is -0.193. The van der Waals surface area contributed by atoms with Gasteiger partial charge in [0.1, 0.15) is 0 Å². The molecular weight excluding hydrogens is 176 g/mol. The number of hydrogen-bond donors (Lipinski definition) is 0. The Morgan fingerprint density at radius 2 is 1.86 bits per heavy atom. The van der Waals surface area contributed by atoms with Gasteiger partial charge in [-0.05, 0) is 19.3 Å². The van der Waals surface area contributed by atoms with E-state index in [2.05, 4.69) is 19.1 Å². The number of carbonyl (C=O) groups is 1. The fourth-order valence-electron chi connectivity index (χ4n) is 1.20. The van der Waals surface area contributed by atoms with Gasteiger partial charge in [0.2, 0.25) is 0 Å². The van der Waals surface area contributed by atoms with Crippen molar-refractivity contribution in [2.75, 3.05) is 6.61 Å². The van der Waals surface area contributed by atoms with Crippen LogP contribution in [0.5, 0.6) is 0 Å². The van der Waals surface area contributed by atoms with E-state index < -0.39 is 0 Å². The fraction of sp³-hybridized carbons (Fsp3) is 0.750. The van der Waals surface area contributed by atoms with E-state index in [1.54, 1.807) is 0 Å². The maximum Gasteiger partial charge on any atom is 0.302 e. The van der Waals surface area contributed by atoms with E-state index in [-0.39, 0.29) is 5.97 Å². The van der Waals surface area contributed by atoms with E-state index in [1.165, 1.54) is 32.6 Å². The van der Waals surface area contributed by atoms with Gasteiger partial charge in [0.25, 0.3) is 0 Å². The van der Waals surface area contributed by atoms with Gasteiger partial charge < -0.3 is 4.74 Å². The quantitative estimate of drug-likeness (QED) is 0.339. The molecule has 0 aliphatic heterocycles. The molecule has 0 bridgehead atoms. The molecule has 0 atom stereocenters. The average molecular weight is 198 g/mol. The number of rotatable bonds is 8. The van der Waals surface area contributed by atoms with Gasteiger partial charge in [-0.3, -0.25) is 4.79 Å². The van der Waals surface area contributed by atoms with E-state index in [9.17, 15) is 4.79 Å². The summed E-state index contributed by atoms with van der Waals surface area (Å²) in [4.78, 5) is 10.4. The second-order valence-electron chi connectivity index (χ2n) is 3.45. The monoisotopic (exact) mass is 198 g/mol. The van der Waals surface area contributed by atoms with Crippen LogP contribution >= 0.6 is 0 Å². The summed E-state index contributed by atoms with van der Waals surface area (Å²) in [5.74, 6) is -0.193. The Labute approximate surface area is 87.3 Å². The maximum atomic E-state index is 10.4. The molecule has 0 fully saturated rings. The van der Waals surface area contributed by atoms with Crippen LogP contribution < -0.4 is 0 Å². The van der Waals surface area contributed by atoms with E-state index in [4.69, 9.17) is 4.74 Å². The van der Waals surface area contributed by atoms with Gasteiger partial charge in [-0.2, -0.15) is 0 Å². The molecule has 0 aliphatic rings. The van der Waals surface area contributed by atoms with Crippen LogP contribution in [-0.2, 0) is 9.53 Å². The van der Waals surface area contributed by atoms with Crippen molar-refractivity contribution in [3.63, 3.8) is 0 Å². The molecule has 0 N–H and O–H groups in total. The Balaban J connectivity index is 3.07. The zero-order valence-electron chi connectivity index (χ0n) is 9.42. The molecular formula is C12H22O2. The normalized spacial score (nSPS) is 10.7. The first-order valence-corrected chi connectivity index (χ1v) is 5.55. The standard InChI is InChI=1S/C12H22O2/c1-3-4-5-6-7-8-9-10-11-14-12(2)13/h8-9H,3-7,10-11H2,1-2H3/b9-8-. The van der Waals surface area contributed by atoms with Gasteiger partial charge in [-0.15, -0.1) is 0 Å². The highest BCUT2D eigenvalue weighted by atomic mass is 16.5. The molecule has 0 amide bonds. The van der Waals surface area contributed by atoms with Gasteiger partial charge in [0.15, 0.2) is 0 Å². The van der Waals surface area contributed by atoms with Crippen molar-refractivity contribution in [2.24, 2.45) is 0 Å². The first-order chi connectivity index (χ1) is 6.77. The lowest BCUT2D eigenvalue weighted by molar-refractivity contribution is -0.140. The van der Waals surface area contributed by atoms with E-state index in [0.717, 1.165) is 12.8 Å². The molecule has 0 radical (unpaired) electrons. The highest BCUT2D eigenvalue weighted by Gasteiger charge is 1.88. The lowest BCUT2D eigenvalue weighted by Crippen LogP contribution is -1.98. The summed E-state index contributed by atoms with van der Waals surface area (Å²) in [7, 11) is 0. The Morgan fingerprint density at radius 3 is 2.50 bits per heavy atom. The topological polar surface area (TPSA) is 26.3 Å². The van der Waals surface area contributed by atoms with Crippen LogP contribution in [0.4, 0.5) is 0 Å². The van der Waals surface area contributed by atoms with Crippen LogP contribution in [0.25, 0.3) is 0 Å². The minimum Gasteiger partial charge on any atom is -0.466 e. The van der Waals surface area contributed by atoms with E-state index in [0.29, 0.717) is 6.61 Å². The Bertz CT molecular complexity index is 162. The maximum absolute atomic E-state index is 10.4. The van der Waals surface area contributed by atoms with Gasteiger partial charge in [-0.1, -0.05) is 38.3 Å². The lowest BCUT2D eigenvalue weighted by atomic mass is 10.1. The molecule has 0 heterocycles. The molecule has 0 unspecified atom stereocenters. The molecule has 0 aliphatic carbocycles. The van der Waals surface area contributed by atoms with Crippen LogP contribution in [0.15, 0.2) is 12.2 Å². The van der Waals surface area contributed by atoms with Crippen molar-refractivity contribution in [3.8, 4) is 0 Å². The van der Waals surface area contributed by atoms with Gasteiger partial charge in [0, 0.05) is 6.92 Å². The SMILES string of the molecule is CCCCCC/C=C\CCOC(C)=O. The minimum absolute atomic E-state index is 0.193. The molecule has 0 rings (SSSR count). The number of allylic oxidation sites excluding steroid dienone is 1. The largest absolute Gasteiger partial charge is 0.466 e. The highest BCUT2D eigenvalue weighted by Crippen LogP contribution is 2.03. The van der Waals surface area contributed by atoms with Crippen LogP contribution in [0.3, 0.4) is 0 Å². The van der Waals surface area contributed by atoms with Crippen LogP contribution in [0, 0.1) is 0 Å². The van der Waals surface area contributed by atoms with E-state index >= 15 is 0 Å². The Kier molecular flexibility index (Phi) is 9.71. The summed E-state index contributed by atoms with van der Waals surface area (Å²) in [5, 5.41) is 0. The number of ether oxygens (including phenoxy) is 1. The number of hydrogen-bond acceptors (Lipinski definition) is 2. The predicted octanol–water partition coefficient (Wildman–Crippen LogP) is 3.47. The highest BCUT2D eigenvalue weighted by molar-refractivity contribution is 5.65. The Morgan fingerprint density at radius 1 is 1.14 bits per heavy atom. The van der Waals surface area contributed by atoms with Crippen molar-refractivity contribution in [2.45, 2.75) is 52.4 Å². The molecule has 2 heteroatoms. The summed E-state index contributed by atoms with van der Waals surface area (Å²) in [6, 6.07) is 0. The second-order valence-corrected chi connectivity index (χ2v) is 3.45. The van der Waals surface area contributed by atoms with Crippen molar-refractivity contribution in [1.29, 1.82) is 0 Å². The molecule has 2 nitrogen and oxygen atoms in total. The molecule has 0 saturated carbocycles. The molecule has 14 heavy (non-hydrogen) atoms. The lowest BCUT2D eigenvalue weighted by Gasteiger charge is -1.97. The molecule has 0 aromatic carbocycles. The molecule has 82 valence electrons. The number of unbranched alkanes of at least 4 members (excludes halogenated alkanes) is 4. The summed E-state index contributed by atoms with van der Waals surface area (Å²) in [5.41, 5.74) is 0. The average Bonchev–Trinajstić information content (AvgIpc) is 2.15.